The first-order chi connectivity index (χ1) is 15.4. The average Bonchev–Trinajstić information content (AvgIpc) is 2.93. The van der Waals surface area contributed by atoms with Gasteiger partial charge in [0.2, 0.25) is 5.51 Å². The van der Waals surface area contributed by atoms with Crippen LogP contribution in [-0.2, 0) is 48.7 Å². The fourth-order valence-electron chi connectivity index (χ4n) is 2.37. The zero-order chi connectivity index (χ0) is 25.9. The van der Waals surface area contributed by atoms with Crippen molar-refractivity contribution in [2.45, 2.75) is 26.8 Å². The summed E-state index contributed by atoms with van der Waals surface area (Å²) in [5.41, 5.74) is 9.08. The Morgan fingerprint density at radius 3 is 2.18 bits per heavy atom. The van der Waals surface area contributed by atoms with Gasteiger partial charge in [-0.05, 0) is 6.92 Å². The summed E-state index contributed by atoms with van der Waals surface area (Å²) >= 11 is 1.28. The first-order valence-electron chi connectivity index (χ1n) is 8.75. The van der Waals surface area contributed by atoms with E-state index in [1.807, 2.05) is 4.57 Å². The predicted molar refractivity (Wildman–Crippen MR) is 114 cm³/mol. The van der Waals surface area contributed by atoms with Crippen molar-refractivity contribution in [1.82, 2.24) is 9.97 Å². The van der Waals surface area contributed by atoms with E-state index < -0.39 is 37.9 Å². The summed E-state index contributed by atoms with van der Waals surface area (Å²) in [5, 5.41) is 0. The Hall–Kier alpha value is -0.930. The molecule has 17 nitrogen and oxygen atoms in total. The summed E-state index contributed by atoms with van der Waals surface area (Å²) in [4.78, 5) is 53.8. The van der Waals surface area contributed by atoms with Crippen molar-refractivity contribution >= 4 is 48.4 Å². The van der Waals surface area contributed by atoms with Crippen molar-refractivity contribution < 1.29 is 64.7 Å². The number of phosphoric ester groups is 1. The molecule has 7 N–H and O–H groups in total. The Morgan fingerprint density at radius 2 is 1.59 bits per heavy atom. The number of phosphoric acid groups is 4. The molecule has 34 heavy (non-hydrogen) atoms. The van der Waals surface area contributed by atoms with Crippen LogP contribution in [0.4, 0.5) is 5.82 Å². The van der Waals surface area contributed by atoms with E-state index >= 15 is 0 Å². The summed E-state index contributed by atoms with van der Waals surface area (Å²) in [6.07, 6.45) is 1.66. The van der Waals surface area contributed by atoms with Gasteiger partial charge < -0.3 is 30.2 Å². The van der Waals surface area contributed by atoms with Crippen LogP contribution in [0.2, 0.25) is 0 Å². The maximum atomic E-state index is 11.9. The number of rotatable bonds is 12. The molecule has 3 atom stereocenters. The standard InChI is InChI=1S/C12H20N4O13P4S/c1-8-11(34-7-16(8)6-10-5-14-9(2)15-12(10)13)3-4-26-31(20,21)28-33(24,25)29-32(22,23)27-30(17,18)19/h5,7H,3-4,6H2,1-2H3,(H6-,13,14,15,17,18,19,20,21,22,23,24,25)/p+1. The molecule has 2 aromatic rings. The van der Waals surface area contributed by atoms with E-state index in [9.17, 15) is 28.0 Å². The monoisotopic (exact) mass is 585 g/mol. The van der Waals surface area contributed by atoms with Gasteiger partial charge in [0.1, 0.15) is 11.6 Å². The number of aryl methyl sites for hydroxylation is 1. The van der Waals surface area contributed by atoms with Crippen LogP contribution in [0.5, 0.6) is 0 Å². The molecule has 0 spiro atoms. The van der Waals surface area contributed by atoms with Crippen molar-refractivity contribution in [3.63, 3.8) is 0 Å². The fraction of sp³-hybridized carbons (Fsp3) is 0.417. The Balaban J connectivity index is 1.95. The van der Waals surface area contributed by atoms with Gasteiger partial charge in [0.05, 0.1) is 17.0 Å². The van der Waals surface area contributed by atoms with Crippen molar-refractivity contribution in [2.75, 3.05) is 12.3 Å². The molecular formula is C12H21N4O13P4S+. The van der Waals surface area contributed by atoms with Crippen LogP contribution in [0.25, 0.3) is 0 Å². The van der Waals surface area contributed by atoms with Gasteiger partial charge in [0, 0.05) is 19.5 Å². The second kappa shape index (κ2) is 11.0. The summed E-state index contributed by atoms with van der Waals surface area (Å²) in [7, 11) is -22.6. The lowest BCUT2D eigenvalue weighted by molar-refractivity contribution is -0.689. The highest BCUT2D eigenvalue weighted by Crippen LogP contribution is 2.70. The molecule has 0 saturated carbocycles. The molecule has 3 unspecified atom stereocenters. The van der Waals surface area contributed by atoms with Crippen LogP contribution in [0.15, 0.2) is 11.7 Å². The number of thiazole rings is 1. The number of hydrogen-bond donors (Lipinski definition) is 6. The van der Waals surface area contributed by atoms with E-state index in [0.717, 1.165) is 5.69 Å². The van der Waals surface area contributed by atoms with Crippen LogP contribution in [0, 0.1) is 13.8 Å². The molecule has 2 heterocycles. The number of nitrogen functional groups attached to an aromatic ring is 1. The molecule has 0 aliphatic heterocycles. The van der Waals surface area contributed by atoms with Gasteiger partial charge in [-0.25, -0.2) is 28.2 Å². The average molecular weight is 585 g/mol. The van der Waals surface area contributed by atoms with Crippen molar-refractivity contribution in [3.05, 3.63) is 33.7 Å². The molecule has 0 aromatic carbocycles. The van der Waals surface area contributed by atoms with Crippen molar-refractivity contribution in [1.29, 1.82) is 0 Å². The quantitative estimate of drug-likeness (QED) is 0.150. The smallest absolute Gasteiger partial charge is 0.383 e. The van der Waals surface area contributed by atoms with E-state index in [1.165, 1.54) is 11.3 Å². The summed E-state index contributed by atoms with van der Waals surface area (Å²) in [5.74, 6) is 0.846. The van der Waals surface area contributed by atoms with E-state index in [4.69, 9.17) is 20.4 Å². The Bertz CT molecular complexity index is 1230. The van der Waals surface area contributed by atoms with Gasteiger partial charge in [-0.3, -0.25) is 4.52 Å². The number of aromatic nitrogens is 3. The van der Waals surface area contributed by atoms with E-state index in [1.54, 1.807) is 25.6 Å². The molecule has 192 valence electrons. The molecule has 22 heteroatoms. The van der Waals surface area contributed by atoms with E-state index in [0.29, 0.717) is 28.6 Å². The molecule has 2 rings (SSSR count). The molecule has 2 aromatic heterocycles. The number of nitrogens with zero attached hydrogens (tertiary/aromatic N) is 3. The van der Waals surface area contributed by atoms with Gasteiger partial charge in [-0.15, -0.1) is 0 Å². The van der Waals surface area contributed by atoms with E-state index in [-0.39, 0.29) is 6.42 Å². The van der Waals surface area contributed by atoms with E-state index in [2.05, 4.69) is 27.4 Å². The Kier molecular flexibility index (Phi) is 9.47. The highest BCUT2D eigenvalue weighted by atomic mass is 32.1. The minimum Gasteiger partial charge on any atom is -0.383 e. The van der Waals surface area contributed by atoms with Gasteiger partial charge in [-0.1, -0.05) is 11.3 Å². The maximum Gasteiger partial charge on any atom is 0.490 e. The van der Waals surface area contributed by atoms with Gasteiger partial charge >= 0.3 is 31.3 Å². The van der Waals surface area contributed by atoms with Crippen LogP contribution in [0.3, 0.4) is 0 Å². The molecule has 0 bridgehead atoms. The third kappa shape index (κ3) is 9.61. The summed E-state index contributed by atoms with van der Waals surface area (Å²) in [6.45, 7) is 3.34. The molecule has 0 saturated heterocycles. The predicted octanol–water partition coefficient (Wildman–Crippen LogP) is 1.08. The first-order valence-corrected chi connectivity index (χ1v) is 15.6. The molecule has 0 radical (unpaired) electrons. The lowest BCUT2D eigenvalue weighted by atomic mass is 10.2. The largest absolute Gasteiger partial charge is 0.490 e. The molecule has 0 fully saturated rings. The summed E-state index contributed by atoms with van der Waals surface area (Å²) < 4.78 is 62.5. The number of anilines is 1. The maximum absolute atomic E-state index is 11.9. The molecule has 0 amide bonds. The van der Waals surface area contributed by atoms with Gasteiger partial charge in [0.25, 0.3) is 0 Å². The van der Waals surface area contributed by atoms with Crippen molar-refractivity contribution in [2.24, 2.45) is 0 Å². The topological polar surface area (TPSA) is 262 Å². The zero-order valence-electron chi connectivity index (χ0n) is 17.4. The second-order valence-corrected chi connectivity index (χ2v) is 13.4. The minimum atomic E-state index is -5.84. The normalized spacial score (nSPS) is 17.6. The fourth-order valence-corrected chi connectivity index (χ4v) is 7.79. The number of hydrogen-bond acceptors (Lipinski definition) is 12. The third-order valence-corrected chi connectivity index (χ3v) is 10.4. The molecule has 0 aliphatic carbocycles. The van der Waals surface area contributed by atoms with Crippen LogP contribution in [0.1, 0.15) is 22.0 Å². The second-order valence-electron chi connectivity index (χ2n) is 6.41. The van der Waals surface area contributed by atoms with Crippen LogP contribution >= 0.6 is 42.6 Å². The number of nitrogens with two attached hydrogens (primary N) is 1. The summed E-state index contributed by atoms with van der Waals surface area (Å²) in [6, 6.07) is 0. The lowest BCUT2D eigenvalue weighted by Gasteiger charge is -2.18. The highest BCUT2D eigenvalue weighted by molar-refractivity contribution is 7.69. The highest BCUT2D eigenvalue weighted by Gasteiger charge is 2.44. The van der Waals surface area contributed by atoms with Crippen LogP contribution in [-0.4, -0.2) is 41.0 Å². The first kappa shape index (κ1) is 29.3. The van der Waals surface area contributed by atoms with Gasteiger partial charge in [-0.2, -0.15) is 17.5 Å². The third-order valence-electron chi connectivity index (χ3n) is 3.72. The minimum absolute atomic E-state index is 0.0632. The SMILES string of the molecule is Cc1ncc(C[n+]2csc(CCOP(=O)(O)OP(=O)(O)OP(=O)(O)OP(=O)(O)O)c2C)c(N)n1. The van der Waals surface area contributed by atoms with Crippen LogP contribution < -0.4 is 10.3 Å². The molecule has 0 aliphatic rings. The Morgan fingerprint density at radius 1 is 1.00 bits per heavy atom. The Labute approximate surface area is 196 Å². The lowest BCUT2D eigenvalue weighted by Crippen LogP contribution is -2.35. The van der Waals surface area contributed by atoms with Gasteiger partial charge in [0.15, 0.2) is 12.2 Å². The molecular weight excluding hydrogens is 564 g/mol. The van der Waals surface area contributed by atoms with Crippen molar-refractivity contribution in [3.8, 4) is 0 Å². The zero-order valence-corrected chi connectivity index (χ0v) is 21.8.